The van der Waals surface area contributed by atoms with Gasteiger partial charge < -0.3 is 10.0 Å². The second kappa shape index (κ2) is 6.40. The van der Waals surface area contributed by atoms with Crippen molar-refractivity contribution in [2.45, 2.75) is 32.2 Å². The molecule has 3 aromatic rings. The van der Waals surface area contributed by atoms with Crippen LogP contribution in [0.1, 0.15) is 39.4 Å². The van der Waals surface area contributed by atoms with E-state index in [2.05, 4.69) is 15.0 Å². The number of pyridine rings is 1. The SMILES string of the molecule is Cn1nc2c(c1C(=O)O)CN(c1nc(-c3ccccn3)nc3c1CCC3)CC2. The number of rotatable bonds is 3. The average molecular weight is 376 g/mol. The van der Waals surface area contributed by atoms with E-state index in [1.54, 1.807) is 13.2 Å². The number of anilines is 1. The molecule has 0 unspecified atom stereocenters. The summed E-state index contributed by atoms with van der Waals surface area (Å²) in [5.41, 5.74) is 4.93. The lowest BCUT2D eigenvalue weighted by Gasteiger charge is -2.29. The zero-order valence-electron chi connectivity index (χ0n) is 15.6. The standard InChI is InChI=1S/C20H20N6O2/c1-25-17(20(27)28)13-11-26(10-8-15(13)24-25)19-12-5-4-7-14(12)22-18(23-19)16-6-2-3-9-21-16/h2-3,6,9H,4-5,7-8,10-11H2,1H3,(H,27,28). The molecule has 0 saturated carbocycles. The van der Waals surface area contributed by atoms with E-state index in [0.29, 0.717) is 18.8 Å². The molecule has 8 nitrogen and oxygen atoms in total. The molecule has 8 heteroatoms. The second-order valence-electron chi connectivity index (χ2n) is 7.24. The molecule has 28 heavy (non-hydrogen) atoms. The van der Waals surface area contributed by atoms with Crippen molar-refractivity contribution in [1.29, 1.82) is 0 Å². The average Bonchev–Trinajstić information content (AvgIpc) is 3.30. The van der Waals surface area contributed by atoms with Crippen LogP contribution in [-0.4, -0.2) is 42.4 Å². The number of nitrogens with zero attached hydrogens (tertiary/aromatic N) is 6. The number of fused-ring (bicyclic) bond motifs is 2. The first kappa shape index (κ1) is 16.9. The van der Waals surface area contributed by atoms with Gasteiger partial charge in [-0.2, -0.15) is 5.10 Å². The van der Waals surface area contributed by atoms with Gasteiger partial charge in [0.05, 0.1) is 5.69 Å². The number of aromatic nitrogens is 5. The van der Waals surface area contributed by atoms with Gasteiger partial charge in [-0.1, -0.05) is 6.07 Å². The summed E-state index contributed by atoms with van der Waals surface area (Å²) in [6, 6.07) is 5.72. The number of hydrogen-bond donors (Lipinski definition) is 1. The van der Waals surface area contributed by atoms with Gasteiger partial charge in [-0.3, -0.25) is 9.67 Å². The molecule has 3 aromatic heterocycles. The molecule has 5 rings (SSSR count). The molecule has 0 amide bonds. The molecule has 0 aromatic carbocycles. The van der Waals surface area contributed by atoms with Crippen LogP contribution >= 0.6 is 0 Å². The molecule has 1 N–H and O–H groups in total. The molecule has 4 heterocycles. The molecular formula is C20H20N6O2. The Hall–Kier alpha value is -3.29. The van der Waals surface area contributed by atoms with Gasteiger partial charge in [0.1, 0.15) is 11.5 Å². The highest BCUT2D eigenvalue weighted by Crippen LogP contribution is 2.34. The van der Waals surface area contributed by atoms with Crippen molar-refractivity contribution in [3.05, 3.63) is 52.6 Å². The van der Waals surface area contributed by atoms with Gasteiger partial charge >= 0.3 is 5.97 Å². The zero-order chi connectivity index (χ0) is 19.3. The molecule has 2 aliphatic rings. The van der Waals surface area contributed by atoms with Crippen LogP contribution in [0.4, 0.5) is 5.82 Å². The van der Waals surface area contributed by atoms with Gasteiger partial charge in [-0.25, -0.2) is 14.8 Å². The lowest BCUT2D eigenvalue weighted by Crippen LogP contribution is -2.32. The minimum absolute atomic E-state index is 0.260. The molecule has 0 fully saturated rings. The van der Waals surface area contributed by atoms with Crippen LogP contribution in [0.5, 0.6) is 0 Å². The summed E-state index contributed by atoms with van der Waals surface area (Å²) in [4.78, 5) is 27.9. The van der Waals surface area contributed by atoms with Crippen LogP contribution in [0.3, 0.4) is 0 Å². The van der Waals surface area contributed by atoms with E-state index in [0.717, 1.165) is 54.3 Å². The highest BCUT2D eigenvalue weighted by molar-refractivity contribution is 5.88. The first-order valence-corrected chi connectivity index (χ1v) is 9.46. The van der Waals surface area contributed by atoms with Crippen LogP contribution in [0.25, 0.3) is 11.5 Å². The Labute approximate surface area is 161 Å². The van der Waals surface area contributed by atoms with Crippen LogP contribution < -0.4 is 4.90 Å². The normalized spacial score (nSPS) is 15.4. The van der Waals surface area contributed by atoms with Gasteiger partial charge in [-0.15, -0.1) is 0 Å². The molecule has 0 radical (unpaired) electrons. The van der Waals surface area contributed by atoms with Gasteiger partial charge in [0.15, 0.2) is 11.5 Å². The van der Waals surface area contributed by atoms with E-state index in [4.69, 9.17) is 9.97 Å². The summed E-state index contributed by atoms with van der Waals surface area (Å²) < 4.78 is 1.47. The maximum atomic E-state index is 11.7. The lowest BCUT2D eigenvalue weighted by molar-refractivity contribution is 0.0683. The fourth-order valence-corrected chi connectivity index (χ4v) is 4.23. The Morgan fingerprint density at radius 3 is 2.79 bits per heavy atom. The number of aromatic carboxylic acids is 1. The fraction of sp³-hybridized carbons (Fsp3) is 0.350. The molecule has 1 aliphatic heterocycles. The quantitative estimate of drug-likeness (QED) is 0.747. The van der Waals surface area contributed by atoms with Gasteiger partial charge in [0, 0.05) is 49.6 Å². The van der Waals surface area contributed by atoms with E-state index < -0.39 is 5.97 Å². The van der Waals surface area contributed by atoms with Crippen LogP contribution in [-0.2, 0) is 32.9 Å². The Bertz CT molecular complexity index is 1080. The van der Waals surface area contributed by atoms with Crippen molar-refractivity contribution >= 4 is 11.8 Å². The van der Waals surface area contributed by atoms with Crippen molar-refractivity contribution in [2.24, 2.45) is 7.05 Å². The summed E-state index contributed by atoms with van der Waals surface area (Å²) in [7, 11) is 1.69. The topological polar surface area (TPSA) is 97.0 Å². The maximum absolute atomic E-state index is 11.7. The lowest BCUT2D eigenvalue weighted by atomic mass is 10.0. The van der Waals surface area contributed by atoms with E-state index in [9.17, 15) is 9.90 Å². The summed E-state index contributed by atoms with van der Waals surface area (Å²) in [6.07, 6.45) is 5.41. The van der Waals surface area contributed by atoms with Crippen molar-refractivity contribution < 1.29 is 9.90 Å². The highest BCUT2D eigenvalue weighted by atomic mass is 16.4. The van der Waals surface area contributed by atoms with Crippen molar-refractivity contribution in [3.8, 4) is 11.5 Å². The van der Waals surface area contributed by atoms with Crippen molar-refractivity contribution in [2.75, 3.05) is 11.4 Å². The Balaban J connectivity index is 1.59. The largest absolute Gasteiger partial charge is 0.477 e. The first-order chi connectivity index (χ1) is 13.6. The van der Waals surface area contributed by atoms with Crippen LogP contribution in [0, 0.1) is 0 Å². The number of aryl methyl sites for hydroxylation is 2. The molecular weight excluding hydrogens is 356 g/mol. The Morgan fingerprint density at radius 2 is 2.00 bits per heavy atom. The molecule has 142 valence electrons. The van der Waals surface area contributed by atoms with Crippen molar-refractivity contribution in [3.63, 3.8) is 0 Å². The summed E-state index contributed by atoms with van der Waals surface area (Å²) in [5.74, 6) is 0.598. The number of carboxylic acids is 1. The maximum Gasteiger partial charge on any atom is 0.354 e. The Morgan fingerprint density at radius 1 is 1.11 bits per heavy atom. The Kier molecular flexibility index (Phi) is 3.85. The predicted octanol–water partition coefficient (Wildman–Crippen LogP) is 2.02. The van der Waals surface area contributed by atoms with Crippen LogP contribution in [0.2, 0.25) is 0 Å². The predicted molar refractivity (Wildman–Crippen MR) is 102 cm³/mol. The van der Waals surface area contributed by atoms with E-state index in [1.165, 1.54) is 10.2 Å². The van der Waals surface area contributed by atoms with Gasteiger partial charge in [0.25, 0.3) is 0 Å². The molecule has 1 aliphatic carbocycles. The molecule has 0 spiro atoms. The van der Waals surface area contributed by atoms with E-state index in [1.807, 2.05) is 18.2 Å². The first-order valence-electron chi connectivity index (χ1n) is 9.46. The summed E-state index contributed by atoms with van der Waals surface area (Å²) in [6.45, 7) is 1.25. The van der Waals surface area contributed by atoms with Gasteiger partial charge in [-0.05, 0) is 31.4 Å². The zero-order valence-corrected chi connectivity index (χ0v) is 15.6. The number of hydrogen-bond acceptors (Lipinski definition) is 6. The minimum atomic E-state index is -0.944. The highest BCUT2D eigenvalue weighted by Gasteiger charge is 2.30. The smallest absolute Gasteiger partial charge is 0.354 e. The summed E-state index contributed by atoms with van der Waals surface area (Å²) >= 11 is 0. The third-order valence-electron chi connectivity index (χ3n) is 5.50. The van der Waals surface area contributed by atoms with Gasteiger partial charge in [0.2, 0.25) is 0 Å². The van der Waals surface area contributed by atoms with E-state index in [-0.39, 0.29) is 5.69 Å². The molecule has 0 saturated heterocycles. The summed E-state index contributed by atoms with van der Waals surface area (Å²) in [5, 5.41) is 14.0. The van der Waals surface area contributed by atoms with Crippen LogP contribution in [0.15, 0.2) is 24.4 Å². The number of carboxylic acid groups (broad SMARTS) is 1. The minimum Gasteiger partial charge on any atom is -0.477 e. The molecule has 0 bridgehead atoms. The van der Waals surface area contributed by atoms with Crippen molar-refractivity contribution in [1.82, 2.24) is 24.7 Å². The number of carbonyl (C=O) groups is 1. The monoisotopic (exact) mass is 376 g/mol. The third kappa shape index (κ3) is 2.64. The third-order valence-corrected chi connectivity index (χ3v) is 5.50. The second-order valence-corrected chi connectivity index (χ2v) is 7.24. The van der Waals surface area contributed by atoms with E-state index >= 15 is 0 Å². The molecule has 0 atom stereocenters. The fourth-order valence-electron chi connectivity index (χ4n) is 4.23.